The number of amides is 1. The lowest BCUT2D eigenvalue weighted by atomic mass is 10.3. The van der Waals surface area contributed by atoms with Gasteiger partial charge in [-0.15, -0.1) is 11.3 Å². The van der Waals surface area contributed by atoms with Gasteiger partial charge >= 0.3 is 11.9 Å². The third-order valence-corrected chi connectivity index (χ3v) is 3.26. The van der Waals surface area contributed by atoms with E-state index < -0.39 is 24.5 Å². The maximum atomic E-state index is 11.7. The standard InChI is InChI=1S/C13H12N4O5S/c1-21-11(19)4-8-7-23-13(16-8)17-10(18)6-22-12(20)9-5-14-2-3-15-9/h2-3,5,7H,4,6H2,1H3,(H,16,17,18). The van der Waals surface area contributed by atoms with Crippen LogP contribution in [0, 0.1) is 0 Å². The van der Waals surface area contributed by atoms with Crippen LogP contribution < -0.4 is 5.32 Å². The fourth-order valence-corrected chi connectivity index (χ4v) is 2.16. The lowest BCUT2D eigenvalue weighted by Gasteiger charge is -2.03. The van der Waals surface area contributed by atoms with Gasteiger partial charge in [-0.25, -0.2) is 14.8 Å². The van der Waals surface area contributed by atoms with Gasteiger partial charge in [0.05, 0.1) is 25.4 Å². The maximum absolute atomic E-state index is 11.7. The fraction of sp³-hybridized carbons (Fsp3) is 0.231. The number of rotatable bonds is 6. The molecule has 0 saturated heterocycles. The van der Waals surface area contributed by atoms with Crippen molar-refractivity contribution in [3.63, 3.8) is 0 Å². The Bertz CT molecular complexity index is 703. The molecule has 2 aromatic heterocycles. The molecule has 0 atom stereocenters. The van der Waals surface area contributed by atoms with E-state index in [0.717, 1.165) is 11.3 Å². The smallest absolute Gasteiger partial charge is 0.359 e. The summed E-state index contributed by atoms with van der Waals surface area (Å²) in [5, 5.41) is 4.38. The lowest BCUT2D eigenvalue weighted by molar-refractivity contribution is -0.139. The molecule has 23 heavy (non-hydrogen) atoms. The Labute approximate surface area is 134 Å². The minimum Gasteiger partial charge on any atom is -0.469 e. The number of carbonyl (C=O) groups is 3. The molecule has 2 heterocycles. The number of nitrogens with zero attached hydrogens (tertiary/aromatic N) is 3. The molecule has 2 aromatic rings. The number of carbonyl (C=O) groups excluding carboxylic acids is 3. The maximum Gasteiger partial charge on any atom is 0.359 e. The normalized spacial score (nSPS) is 9.96. The highest BCUT2D eigenvalue weighted by Gasteiger charge is 2.13. The van der Waals surface area contributed by atoms with E-state index in [9.17, 15) is 14.4 Å². The number of hydrogen-bond acceptors (Lipinski definition) is 9. The predicted octanol–water partition coefficient (Wildman–Crippen LogP) is 0.444. The minimum atomic E-state index is -0.751. The van der Waals surface area contributed by atoms with Gasteiger partial charge in [-0.05, 0) is 0 Å². The van der Waals surface area contributed by atoms with Gasteiger partial charge in [0.15, 0.2) is 17.4 Å². The Hall–Kier alpha value is -2.88. The first-order valence-electron chi connectivity index (χ1n) is 6.32. The Balaban J connectivity index is 1.81. The number of anilines is 1. The molecule has 0 spiro atoms. The van der Waals surface area contributed by atoms with E-state index in [1.165, 1.54) is 25.7 Å². The summed E-state index contributed by atoms with van der Waals surface area (Å²) in [6.07, 6.45) is 4.01. The first-order valence-corrected chi connectivity index (χ1v) is 7.20. The Morgan fingerprint density at radius 3 is 2.83 bits per heavy atom. The molecule has 0 aliphatic heterocycles. The van der Waals surface area contributed by atoms with Crippen molar-refractivity contribution in [3.05, 3.63) is 35.4 Å². The average molecular weight is 336 g/mol. The van der Waals surface area contributed by atoms with Crippen LogP contribution in [0.1, 0.15) is 16.2 Å². The molecule has 0 radical (unpaired) electrons. The highest BCUT2D eigenvalue weighted by molar-refractivity contribution is 7.13. The van der Waals surface area contributed by atoms with Crippen LogP contribution in [0.25, 0.3) is 0 Å². The number of aromatic nitrogens is 3. The number of esters is 2. The first-order chi connectivity index (χ1) is 11.1. The van der Waals surface area contributed by atoms with Gasteiger partial charge in [0, 0.05) is 17.8 Å². The van der Waals surface area contributed by atoms with Gasteiger partial charge < -0.3 is 9.47 Å². The highest BCUT2D eigenvalue weighted by atomic mass is 32.1. The molecule has 2 rings (SSSR count). The summed E-state index contributed by atoms with van der Waals surface area (Å²) in [6.45, 7) is -0.485. The third-order valence-electron chi connectivity index (χ3n) is 2.46. The van der Waals surface area contributed by atoms with Crippen molar-refractivity contribution in [3.8, 4) is 0 Å². The van der Waals surface area contributed by atoms with Crippen molar-refractivity contribution in [2.75, 3.05) is 19.0 Å². The molecule has 9 nitrogen and oxygen atoms in total. The third kappa shape index (κ3) is 5.11. The van der Waals surface area contributed by atoms with Gasteiger partial charge in [-0.3, -0.25) is 19.9 Å². The van der Waals surface area contributed by atoms with Crippen LogP contribution in [0.4, 0.5) is 5.13 Å². The molecular formula is C13H12N4O5S. The summed E-state index contributed by atoms with van der Waals surface area (Å²) in [4.78, 5) is 45.9. The minimum absolute atomic E-state index is 0.00918. The van der Waals surface area contributed by atoms with E-state index >= 15 is 0 Å². The first kappa shape index (κ1) is 16.5. The Morgan fingerprint density at radius 1 is 1.30 bits per heavy atom. The molecule has 0 aliphatic rings. The SMILES string of the molecule is COC(=O)Cc1csc(NC(=O)COC(=O)c2cnccn2)n1. The second-order valence-corrected chi connectivity index (χ2v) is 4.97. The fourth-order valence-electron chi connectivity index (χ4n) is 1.43. The summed E-state index contributed by atoms with van der Waals surface area (Å²) in [5.41, 5.74) is 0.489. The van der Waals surface area contributed by atoms with E-state index in [1.54, 1.807) is 5.38 Å². The van der Waals surface area contributed by atoms with Crippen LogP contribution in [-0.2, 0) is 25.5 Å². The topological polar surface area (TPSA) is 120 Å². The molecule has 1 N–H and O–H groups in total. The number of nitrogens with one attached hydrogen (secondary N) is 1. The summed E-state index contributed by atoms with van der Waals surface area (Å²) in [5.74, 6) is -1.73. The Morgan fingerprint density at radius 2 is 2.13 bits per heavy atom. The van der Waals surface area contributed by atoms with E-state index in [-0.39, 0.29) is 12.1 Å². The van der Waals surface area contributed by atoms with Crippen molar-refractivity contribution in [2.45, 2.75) is 6.42 Å². The predicted molar refractivity (Wildman–Crippen MR) is 78.8 cm³/mol. The van der Waals surface area contributed by atoms with Gasteiger partial charge in [0.1, 0.15) is 0 Å². The van der Waals surface area contributed by atoms with Crippen molar-refractivity contribution >= 4 is 34.3 Å². The van der Waals surface area contributed by atoms with Crippen LogP contribution in [0.15, 0.2) is 24.0 Å². The molecule has 0 aromatic carbocycles. The number of hydrogen-bond donors (Lipinski definition) is 1. The molecule has 10 heteroatoms. The van der Waals surface area contributed by atoms with Crippen LogP contribution in [0.3, 0.4) is 0 Å². The van der Waals surface area contributed by atoms with E-state index in [4.69, 9.17) is 4.74 Å². The van der Waals surface area contributed by atoms with Crippen molar-refractivity contribution < 1.29 is 23.9 Å². The number of thiazole rings is 1. The molecular weight excluding hydrogens is 324 g/mol. The molecule has 0 fully saturated rings. The van der Waals surface area contributed by atoms with Gasteiger partial charge in [0.25, 0.3) is 5.91 Å². The molecule has 0 saturated carbocycles. The van der Waals surface area contributed by atoms with Crippen LogP contribution in [0.5, 0.6) is 0 Å². The van der Waals surface area contributed by atoms with Gasteiger partial charge in [-0.1, -0.05) is 0 Å². The zero-order valence-corrected chi connectivity index (χ0v) is 12.8. The van der Waals surface area contributed by atoms with E-state index in [0.29, 0.717) is 10.8 Å². The highest BCUT2D eigenvalue weighted by Crippen LogP contribution is 2.16. The monoisotopic (exact) mass is 336 g/mol. The second kappa shape index (κ2) is 7.94. The van der Waals surface area contributed by atoms with Crippen LogP contribution >= 0.6 is 11.3 Å². The zero-order valence-electron chi connectivity index (χ0n) is 12.0. The summed E-state index contributed by atoms with van der Waals surface area (Å²) in [6, 6.07) is 0. The number of methoxy groups -OCH3 is 1. The van der Waals surface area contributed by atoms with Crippen molar-refractivity contribution in [1.82, 2.24) is 15.0 Å². The second-order valence-electron chi connectivity index (χ2n) is 4.11. The van der Waals surface area contributed by atoms with E-state index in [1.807, 2.05) is 0 Å². The molecule has 0 bridgehead atoms. The quantitative estimate of drug-likeness (QED) is 0.755. The van der Waals surface area contributed by atoms with Crippen molar-refractivity contribution in [2.24, 2.45) is 0 Å². The van der Waals surface area contributed by atoms with Gasteiger partial charge in [0.2, 0.25) is 0 Å². The zero-order chi connectivity index (χ0) is 16.7. The van der Waals surface area contributed by atoms with Crippen molar-refractivity contribution in [1.29, 1.82) is 0 Å². The molecule has 0 unspecified atom stereocenters. The summed E-state index contributed by atoms with van der Waals surface area (Å²) < 4.78 is 9.32. The van der Waals surface area contributed by atoms with Crippen LogP contribution in [-0.4, -0.2) is 46.5 Å². The summed E-state index contributed by atoms with van der Waals surface area (Å²) in [7, 11) is 1.28. The van der Waals surface area contributed by atoms with Gasteiger partial charge in [-0.2, -0.15) is 0 Å². The van der Waals surface area contributed by atoms with E-state index in [2.05, 4.69) is 25.0 Å². The summed E-state index contributed by atoms with van der Waals surface area (Å²) >= 11 is 1.15. The largest absolute Gasteiger partial charge is 0.469 e. The van der Waals surface area contributed by atoms with Crippen LogP contribution in [0.2, 0.25) is 0 Å². The average Bonchev–Trinajstić information content (AvgIpc) is 3.00. The lowest BCUT2D eigenvalue weighted by Crippen LogP contribution is -2.21. The Kier molecular flexibility index (Phi) is 5.69. The molecule has 120 valence electrons. The molecule has 1 amide bonds. The molecule has 0 aliphatic carbocycles. The number of ether oxygens (including phenoxy) is 2.